The van der Waals surface area contributed by atoms with Gasteiger partial charge < -0.3 is 15.6 Å². The molecule has 0 bridgehead atoms. The highest BCUT2D eigenvalue weighted by molar-refractivity contribution is 4.98. The van der Waals surface area contributed by atoms with Crippen LogP contribution in [0.1, 0.15) is 52.4 Å². The van der Waals surface area contributed by atoms with Crippen LogP contribution in [0.3, 0.4) is 0 Å². The average Bonchev–Trinajstić information content (AvgIpc) is 3.11. The second kappa shape index (κ2) is 4.87. The van der Waals surface area contributed by atoms with Crippen molar-refractivity contribution in [2.75, 3.05) is 13.2 Å². The fourth-order valence-corrected chi connectivity index (χ4v) is 2.76. The van der Waals surface area contributed by atoms with Gasteiger partial charge in [-0.1, -0.05) is 13.8 Å². The molecule has 0 spiro atoms. The van der Waals surface area contributed by atoms with Crippen LogP contribution in [0, 0.1) is 11.3 Å². The van der Waals surface area contributed by atoms with E-state index in [4.69, 9.17) is 10.5 Å². The molecule has 100 valence electrons. The van der Waals surface area contributed by atoms with Gasteiger partial charge in [-0.2, -0.15) is 0 Å². The van der Waals surface area contributed by atoms with E-state index in [1.165, 1.54) is 12.8 Å². The zero-order valence-electron chi connectivity index (χ0n) is 11.2. The highest BCUT2D eigenvalue weighted by Crippen LogP contribution is 2.40. The molecule has 3 heteroatoms. The van der Waals surface area contributed by atoms with Crippen molar-refractivity contribution in [3.8, 4) is 0 Å². The van der Waals surface area contributed by atoms with Crippen molar-refractivity contribution < 1.29 is 9.84 Å². The fraction of sp³-hybridized carbons (Fsp3) is 1.00. The topological polar surface area (TPSA) is 55.5 Å². The maximum Gasteiger partial charge on any atom is 0.0675 e. The Kier molecular flexibility index (Phi) is 3.81. The highest BCUT2D eigenvalue weighted by Gasteiger charge is 2.42. The number of aliphatic hydroxyl groups is 1. The summed E-state index contributed by atoms with van der Waals surface area (Å²) in [4.78, 5) is 0. The number of rotatable bonds is 5. The molecular weight excluding hydrogens is 214 g/mol. The van der Waals surface area contributed by atoms with Gasteiger partial charge in [-0.05, 0) is 49.9 Å². The number of ether oxygens (including phenoxy) is 1. The van der Waals surface area contributed by atoms with Gasteiger partial charge in [0.2, 0.25) is 0 Å². The molecule has 2 aliphatic carbocycles. The van der Waals surface area contributed by atoms with E-state index in [0.717, 1.165) is 25.7 Å². The Balaban J connectivity index is 1.75. The first-order chi connectivity index (χ1) is 7.95. The van der Waals surface area contributed by atoms with Crippen LogP contribution in [0.5, 0.6) is 0 Å². The Morgan fingerprint density at radius 1 is 1.24 bits per heavy atom. The average molecular weight is 241 g/mol. The maximum absolute atomic E-state index is 9.40. The van der Waals surface area contributed by atoms with Crippen molar-refractivity contribution in [2.45, 2.75) is 64.0 Å². The minimum Gasteiger partial charge on any atom is -0.394 e. The lowest BCUT2D eigenvalue weighted by Crippen LogP contribution is -2.51. The van der Waals surface area contributed by atoms with E-state index in [0.29, 0.717) is 24.0 Å². The van der Waals surface area contributed by atoms with Gasteiger partial charge in [0.1, 0.15) is 0 Å². The summed E-state index contributed by atoms with van der Waals surface area (Å²) < 4.78 is 5.95. The minimum absolute atomic E-state index is 0.0515. The number of aliphatic hydroxyl groups excluding tert-OH is 1. The van der Waals surface area contributed by atoms with Crippen LogP contribution in [-0.4, -0.2) is 30.0 Å². The van der Waals surface area contributed by atoms with E-state index >= 15 is 0 Å². The largest absolute Gasteiger partial charge is 0.394 e. The highest BCUT2D eigenvalue weighted by atomic mass is 16.5. The Morgan fingerprint density at radius 3 is 2.29 bits per heavy atom. The smallest absolute Gasteiger partial charge is 0.0675 e. The molecular formula is C14H27NO2. The molecule has 2 fully saturated rings. The Labute approximate surface area is 105 Å². The third-order valence-corrected chi connectivity index (χ3v) is 4.56. The van der Waals surface area contributed by atoms with Crippen molar-refractivity contribution >= 4 is 0 Å². The molecule has 2 rings (SSSR count). The first-order valence-electron chi connectivity index (χ1n) is 6.97. The van der Waals surface area contributed by atoms with Gasteiger partial charge in [0.15, 0.2) is 0 Å². The van der Waals surface area contributed by atoms with Crippen LogP contribution in [0.25, 0.3) is 0 Å². The van der Waals surface area contributed by atoms with Crippen molar-refractivity contribution in [1.82, 2.24) is 0 Å². The quantitative estimate of drug-likeness (QED) is 0.774. The van der Waals surface area contributed by atoms with Crippen LogP contribution in [0.2, 0.25) is 0 Å². The molecule has 17 heavy (non-hydrogen) atoms. The lowest BCUT2D eigenvalue weighted by atomic mass is 9.76. The number of hydrogen-bond acceptors (Lipinski definition) is 3. The number of hydrogen-bond donors (Lipinski definition) is 2. The van der Waals surface area contributed by atoms with E-state index in [-0.39, 0.29) is 6.61 Å². The molecule has 2 aliphatic rings. The van der Waals surface area contributed by atoms with Crippen molar-refractivity contribution in [3.63, 3.8) is 0 Å². The van der Waals surface area contributed by atoms with Crippen molar-refractivity contribution in [2.24, 2.45) is 17.1 Å². The second-order valence-corrected chi connectivity index (χ2v) is 6.84. The first-order valence-corrected chi connectivity index (χ1v) is 6.97. The van der Waals surface area contributed by atoms with Crippen LogP contribution < -0.4 is 5.73 Å². The summed E-state index contributed by atoms with van der Waals surface area (Å²) in [6.07, 6.45) is 7.40. The van der Waals surface area contributed by atoms with Gasteiger partial charge >= 0.3 is 0 Å². The van der Waals surface area contributed by atoms with E-state index < -0.39 is 5.54 Å². The van der Waals surface area contributed by atoms with Crippen molar-refractivity contribution in [1.29, 1.82) is 0 Å². The zero-order chi connectivity index (χ0) is 12.5. The molecule has 0 heterocycles. The van der Waals surface area contributed by atoms with E-state index in [1.807, 2.05) is 0 Å². The predicted octanol–water partition coefficient (Wildman–Crippen LogP) is 2.07. The first kappa shape index (κ1) is 13.3. The summed E-state index contributed by atoms with van der Waals surface area (Å²) in [6.45, 7) is 5.23. The van der Waals surface area contributed by atoms with Crippen LogP contribution in [-0.2, 0) is 4.74 Å². The van der Waals surface area contributed by atoms with Gasteiger partial charge in [-0.3, -0.25) is 0 Å². The molecule has 0 amide bonds. The molecule has 0 aliphatic heterocycles. The fourth-order valence-electron chi connectivity index (χ4n) is 2.76. The molecule has 1 unspecified atom stereocenters. The molecule has 0 aromatic carbocycles. The van der Waals surface area contributed by atoms with Gasteiger partial charge in [-0.15, -0.1) is 0 Å². The molecule has 3 N–H and O–H groups in total. The standard InChI is InChI=1S/C14H27NO2/c1-13(2)7-5-12(6-8-13)17-10-14(15,9-16)11-3-4-11/h11-12,16H,3-10,15H2,1-2H3. The second-order valence-electron chi connectivity index (χ2n) is 6.84. The predicted molar refractivity (Wildman–Crippen MR) is 68.7 cm³/mol. The molecule has 0 aromatic heterocycles. The van der Waals surface area contributed by atoms with Gasteiger partial charge in [-0.25, -0.2) is 0 Å². The summed E-state index contributed by atoms with van der Waals surface area (Å²) >= 11 is 0. The SMILES string of the molecule is CC1(C)CCC(OCC(N)(CO)C2CC2)CC1. The van der Waals surface area contributed by atoms with E-state index in [1.54, 1.807) is 0 Å². The van der Waals surface area contributed by atoms with Gasteiger partial charge in [0, 0.05) is 0 Å². The Hall–Kier alpha value is -0.120. The minimum atomic E-state index is -0.479. The normalized spacial score (nSPS) is 28.9. The molecule has 0 aromatic rings. The van der Waals surface area contributed by atoms with E-state index in [9.17, 15) is 5.11 Å². The lowest BCUT2D eigenvalue weighted by molar-refractivity contribution is -0.0335. The summed E-state index contributed by atoms with van der Waals surface area (Å²) in [5, 5.41) is 9.40. The number of nitrogens with two attached hydrogens (primary N) is 1. The molecule has 0 radical (unpaired) electrons. The van der Waals surface area contributed by atoms with Gasteiger partial charge in [0.25, 0.3) is 0 Å². The molecule has 0 saturated heterocycles. The van der Waals surface area contributed by atoms with Crippen molar-refractivity contribution in [3.05, 3.63) is 0 Å². The van der Waals surface area contributed by atoms with Crippen LogP contribution in [0.15, 0.2) is 0 Å². The molecule has 3 nitrogen and oxygen atoms in total. The maximum atomic E-state index is 9.40. The summed E-state index contributed by atoms with van der Waals surface area (Å²) in [6, 6.07) is 0. The van der Waals surface area contributed by atoms with Gasteiger partial charge in [0.05, 0.1) is 24.9 Å². The van der Waals surface area contributed by atoms with E-state index in [2.05, 4.69) is 13.8 Å². The monoisotopic (exact) mass is 241 g/mol. The summed E-state index contributed by atoms with van der Waals surface area (Å²) in [5.74, 6) is 0.479. The summed E-state index contributed by atoms with van der Waals surface area (Å²) in [5.41, 5.74) is 6.20. The van der Waals surface area contributed by atoms with Crippen LogP contribution >= 0.6 is 0 Å². The third kappa shape index (κ3) is 3.43. The third-order valence-electron chi connectivity index (χ3n) is 4.56. The lowest BCUT2D eigenvalue weighted by Gasteiger charge is -2.36. The van der Waals surface area contributed by atoms with Crippen LogP contribution in [0.4, 0.5) is 0 Å². The molecule has 1 atom stereocenters. The summed E-state index contributed by atoms with van der Waals surface area (Å²) in [7, 11) is 0. The molecule has 2 saturated carbocycles. The zero-order valence-corrected chi connectivity index (χ0v) is 11.2. The Bertz CT molecular complexity index is 253. The Morgan fingerprint density at radius 2 is 1.82 bits per heavy atom.